The fourth-order valence-electron chi connectivity index (χ4n) is 6.65. The second-order valence-electron chi connectivity index (χ2n) is 11.1. The zero-order chi connectivity index (χ0) is 25.2. The van der Waals surface area contributed by atoms with Gasteiger partial charge in [0.05, 0.1) is 10.8 Å². The van der Waals surface area contributed by atoms with Gasteiger partial charge in [-0.25, -0.2) is 4.58 Å². The fraction of sp³-hybridized carbons (Fsp3) is 0.400. The molecule has 0 unspecified atom stereocenters. The number of carbonyl (C=O) groups is 1. The van der Waals surface area contributed by atoms with E-state index in [1.807, 2.05) is 6.92 Å². The zero-order valence-corrected chi connectivity index (χ0v) is 23.6. The van der Waals surface area contributed by atoms with Crippen LogP contribution in [0.25, 0.3) is 5.57 Å². The lowest BCUT2D eigenvalue weighted by Gasteiger charge is -2.38. The summed E-state index contributed by atoms with van der Waals surface area (Å²) >= 11 is 1.35. The van der Waals surface area contributed by atoms with Crippen LogP contribution in [0.2, 0.25) is 13.1 Å². The SMILES string of the molecule is Cc1sc(C(=O)[O-])c(C)c1C1=C2C=CC(=[N+]3CCCC3)C=C2[Si](C)(C)c2cc(N3CCCC3)ccc21. The van der Waals surface area contributed by atoms with Gasteiger partial charge in [0.2, 0.25) is 0 Å². The molecule has 0 saturated carbocycles. The van der Waals surface area contributed by atoms with Crippen LogP contribution in [-0.2, 0) is 0 Å². The molecule has 1 aromatic carbocycles. The van der Waals surface area contributed by atoms with Crippen LogP contribution in [0.15, 0.2) is 47.2 Å². The lowest BCUT2D eigenvalue weighted by Crippen LogP contribution is -2.50. The molecule has 1 aliphatic carbocycles. The van der Waals surface area contributed by atoms with Crippen LogP contribution in [0.3, 0.4) is 0 Å². The van der Waals surface area contributed by atoms with Gasteiger partial charge in [0, 0.05) is 54.2 Å². The highest BCUT2D eigenvalue weighted by Gasteiger charge is 2.41. The number of carboxylic acid groups (broad SMARTS) is 1. The normalized spacial score (nSPS) is 20.7. The van der Waals surface area contributed by atoms with E-state index >= 15 is 0 Å². The number of carboxylic acids is 1. The van der Waals surface area contributed by atoms with Crippen LogP contribution >= 0.6 is 11.3 Å². The van der Waals surface area contributed by atoms with E-state index in [1.165, 1.54) is 75.5 Å². The molecule has 4 aliphatic rings. The summed E-state index contributed by atoms with van der Waals surface area (Å²) < 4.78 is 2.52. The van der Waals surface area contributed by atoms with Crippen molar-refractivity contribution in [3.8, 4) is 0 Å². The molecule has 0 atom stereocenters. The van der Waals surface area contributed by atoms with Gasteiger partial charge in [-0.2, -0.15) is 0 Å². The fourth-order valence-corrected chi connectivity index (χ4v) is 10.7. The molecular weight excluding hydrogens is 480 g/mol. The van der Waals surface area contributed by atoms with E-state index in [0.29, 0.717) is 4.88 Å². The molecule has 0 spiro atoms. The Labute approximate surface area is 219 Å². The van der Waals surface area contributed by atoms with Gasteiger partial charge in [0.15, 0.2) is 5.71 Å². The number of nitrogens with zero attached hydrogens (tertiary/aromatic N) is 2. The van der Waals surface area contributed by atoms with E-state index in [4.69, 9.17) is 0 Å². The summed E-state index contributed by atoms with van der Waals surface area (Å²) in [5.41, 5.74) is 8.34. The molecule has 6 rings (SSSR count). The first-order chi connectivity index (χ1) is 17.3. The molecule has 186 valence electrons. The predicted octanol–water partition coefficient (Wildman–Crippen LogP) is 4.34. The molecule has 3 aliphatic heterocycles. The van der Waals surface area contributed by atoms with Crippen molar-refractivity contribution in [2.45, 2.75) is 52.6 Å². The average molecular weight is 515 g/mol. The van der Waals surface area contributed by atoms with Gasteiger partial charge in [-0.15, -0.1) is 11.3 Å². The van der Waals surface area contributed by atoms with Gasteiger partial charge in [-0.1, -0.05) is 19.2 Å². The number of thiophene rings is 1. The molecule has 1 aromatic heterocycles. The van der Waals surface area contributed by atoms with E-state index in [9.17, 15) is 9.90 Å². The Kier molecular flexibility index (Phi) is 5.72. The maximum Gasteiger partial charge on any atom is 0.199 e. The topological polar surface area (TPSA) is 46.4 Å². The second-order valence-corrected chi connectivity index (χ2v) is 16.7. The molecule has 0 N–H and O–H groups in total. The first-order valence-electron chi connectivity index (χ1n) is 13.3. The maximum atomic E-state index is 11.9. The molecule has 4 nitrogen and oxygen atoms in total. The van der Waals surface area contributed by atoms with Crippen molar-refractivity contribution in [3.63, 3.8) is 0 Å². The van der Waals surface area contributed by atoms with Crippen molar-refractivity contribution < 1.29 is 14.5 Å². The quantitative estimate of drug-likeness (QED) is 0.452. The number of fused-ring (bicyclic) bond motifs is 2. The third kappa shape index (κ3) is 3.60. The van der Waals surface area contributed by atoms with Crippen LogP contribution in [0.1, 0.15) is 56.9 Å². The third-order valence-electron chi connectivity index (χ3n) is 8.59. The van der Waals surface area contributed by atoms with Gasteiger partial charge < -0.3 is 14.8 Å². The molecule has 0 bridgehead atoms. The number of aryl methyl sites for hydroxylation is 1. The van der Waals surface area contributed by atoms with Crippen molar-refractivity contribution in [1.29, 1.82) is 0 Å². The molecule has 2 saturated heterocycles. The Hall–Kier alpha value is -2.70. The minimum Gasteiger partial charge on any atom is -0.544 e. The molecule has 36 heavy (non-hydrogen) atoms. The summed E-state index contributed by atoms with van der Waals surface area (Å²) in [7, 11) is -2.02. The lowest BCUT2D eigenvalue weighted by molar-refractivity contribution is -0.504. The highest BCUT2D eigenvalue weighted by atomic mass is 32.1. The van der Waals surface area contributed by atoms with Gasteiger partial charge >= 0.3 is 0 Å². The largest absolute Gasteiger partial charge is 0.544 e. The molecule has 0 amide bonds. The molecule has 4 heterocycles. The number of rotatable bonds is 3. The number of aromatic carboxylic acids is 1. The summed E-state index contributed by atoms with van der Waals surface area (Å²) in [4.78, 5) is 15.9. The standard InChI is InChI=1S/C30H34N2O2SSi/c1-19-27(20(2)35-29(19)30(33)34)28-23-11-9-21(31-13-5-6-14-31)17-25(23)36(3,4)26-18-22(10-12-24(26)28)32-15-7-8-16-32/h9-12,17-18H,5-8,13-16H2,1-4H3. The van der Waals surface area contributed by atoms with Crippen molar-refractivity contribution in [2.75, 3.05) is 31.1 Å². The monoisotopic (exact) mass is 514 g/mol. The van der Waals surface area contributed by atoms with Crippen LogP contribution in [0.5, 0.6) is 0 Å². The minimum absolute atomic E-state index is 0.350. The van der Waals surface area contributed by atoms with Gasteiger partial charge in [-0.3, -0.25) is 0 Å². The van der Waals surface area contributed by atoms with Crippen LogP contribution < -0.4 is 15.2 Å². The lowest BCUT2D eigenvalue weighted by atomic mass is 9.87. The van der Waals surface area contributed by atoms with Gasteiger partial charge in [-0.05, 0) is 77.6 Å². The second kappa shape index (κ2) is 8.70. The first kappa shape index (κ1) is 23.7. The third-order valence-corrected chi connectivity index (χ3v) is 13.3. The molecular formula is C30H34N2O2SSi. The zero-order valence-electron chi connectivity index (χ0n) is 21.7. The number of allylic oxidation sites excluding steroid dienone is 5. The smallest absolute Gasteiger partial charge is 0.199 e. The van der Waals surface area contributed by atoms with Crippen molar-refractivity contribution >= 4 is 47.5 Å². The van der Waals surface area contributed by atoms with E-state index in [1.54, 1.807) is 0 Å². The van der Waals surface area contributed by atoms with E-state index in [0.717, 1.165) is 42.2 Å². The Morgan fingerprint density at radius 3 is 2.44 bits per heavy atom. The molecule has 0 radical (unpaired) electrons. The Bertz CT molecular complexity index is 1410. The van der Waals surface area contributed by atoms with E-state index in [-0.39, 0.29) is 0 Å². The number of benzene rings is 1. The Morgan fingerprint density at radius 2 is 1.78 bits per heavy atom. The Morgan fingerprint density at radius 1 is 1.06 bits per heavy atom. The highest BCUT2D eigenvalue weighted by Crippen LogP contribution is 2.45. The molecule has 2 fully saturated rings. The van der Waals surface area contributed by atoms with E-state index in [2.05, 4.69) is 65.9 Å². The van der Waals surface area contributed by atoms with Gasteiger partial charge in [0.1, 0.15) is 21.2 Å². The summed E-state index contributed by atoms with van der Waals surface area (Å²) in [6.45, 7) is 13.5. The predicted molar refractivity (Wildman–Crippen MR) is 151 cm³/mol. The number of anilines is 1. The summed E-state index contributed by atoms with van der Waals surface area (Å²) in [5, 5.41) is 14.9. The van der Waals surface area contributed by atoms with Crippen LogP contribution in [0, 0.1) is 13.8 Å². The number of hydrogen-bond donors (Lipinski definition) is 0. The van der Waals surface area contributed by atoms with Crippen molar-refractivity contribution in [3.05, 3.63) is 73.6 Å². The molecule has 2 aromatic rings. The summed E-state index contributed by atoms with van der Waals surface area (Å²) in [6.07, 6.45) is 12.1. The minimum atomic E-state index is -2.02. The first-order valence-corrected chi connectivity index (χ1v) is 17.1. The summed E-state index contributed by atoms with van der Waals surface area (Å²) in [5.74, 6) is -1.08. The average Bonchev–Trinajstić information content (AvgIpc) is 3.63. The molecule has 6 heteroatoms. The van der Waals surface area contributed by atoms with Gasteiger partial charge in [0.25, 0.3) is 0 Å². The number of hydrogen-bond acceptors (Lipinski definition) is 4. The Balaban J connectivity index is 1.63. The van der Waals surface area contributed by atoms with Crippen molar-refractivity contribution in [2.24, 2.45) is 0 Å². The van der Waals surface area contributed by atoms with Crippen LogP contribution in [0.4, 0.5) is 5.69 Å². The summed E-state index contributed by atoms with van der Waals surface area (Å²) in [6, 6.07) is 7.07. The van der Waals surface area contributed by atoms with E-state index < -0.39 is 14.0 Å². The highest BCUT2D eigenvalue weighted by molar-refractivity contribution is 7.14. The van der Waals surface area contributed by atoms with Crippen molar-refractivity contribution in [1.82, 2.24) is 0 Å². The maximum absolute atomic E-state index is 11.9. The number of carbonyl (C=O) groups excluding carboxylic acids is 1. The van der Waals surface area contributed by atoms with Crippen LogP contribution in [-0.4, -0.2) is 50.5 Å².